The van der Waals surface area contributed by atoms with Crippen LogP contribution in [0.3, 0.4) is 0 Å². The lowest BCUT2D eigenvalue weighted by atomic mass is 10.2. The highest BCUT2D eigenvalue weighted by Gasteiger charge is 2.03. The first-order chi connectivity index (χ1) is 9.19. The Hall–Kier alpha value is -2.29. The van der Waals surface area contributed by atoms with Gasteiger partial charge in [0.25, 0.3) is 0 Å². The molecule has 0 radical (unpaired) electrons. The second-order valence-electron chi connectivity index (χ2n) is 4.34. The van der Waals surface area contributed by atoms with E-state index in [2.05, 4.69) is 31.2 Å². The third kappa shape index (κ3) is 3.58. The van der Waals surface area contributed by atoms with Gasteiger partial charge in [-0.3, -0.25) is 5.41 Å². The molecule has 0 spiro atoms. The standard InChI is InChI=1S/C16H17NO2/c1-12-6-8-13(9-7-12)11-19-15-5-3-4-14(10-15)16(17)18-2/h3-10,17H,11H2,1-2H3. The maximum Gasteiger partial charge on any atom is 0.213 e. The molecule has 0 saturated heterocycles. The van der Waals surface area contributed by atoms with Gasteiger partial charge >= 0.3 is 0 Å². The lowest BCUT2D eigenvalue weighted by Gasteiger charge is -2.08. The molecule has 0 aliphatic heterocycles. The van der Waals surface area contributed by atoms with Crippen LogP contribution in [-0.2, 0) is 11.3 Å². The Morgan fingerprint density at radius 3 is 2.53 bits per heavy atom. The van der Waals surface area contributed by atoms with Crippen LogP contribution >= 0.6 is 0 Å². The summed E-state index contributed by atoms with van der Waals surface area (Å²) in [7, 11) is 1.49. The highest BCUT2D eigenvalue weighted by atomic mass is 16.5. The third-order valence-corrected chi connectivity index (χ3v) is 2.83. The van der Waals surface area contributed by atoms with Crippen molar-refractivity contribution in [3.05, 3.63) is 65.2 Å². The van der Waals surface area contributed by atoms with Crippen LogP contribution in [0.15, 0.2) is 48.5 Å². The van der Waals surface area contributed by atoms with Gasteiger partial charge in [0.15, 0.2) is 0 Å². The highest BCUT2D eigenvalue weighted by molar-refractivity contribution is 5.91. The minimum Gasteiger partial charge on any atom is -0.489 e. The van der Waals surface area contributed by atoms with Crippen molar-refractivity contribution in [2.24, 2.45) is 0 Å². The predicted molar refractivity (Wildman–Crippen MR) is 75.8 cm³/mol. The molecule has 0 aromatic heterocycles. The highest BCUT2D eigenvalue weighted by Crippen LogP contribution is 2.16. The monoisotopic (exact) mass is 255 g/mol. The number of nitrogens with one attached hydrogen (secondary N) is 1. The molecule has 3 nitrogen and oxygen atoms in total. The van der Waals surface area contributed by atoms with E-state index in [9.17, 15) is 0 Å². The number of aryl methyl sites for hydroxylation is 1. The summed E-state index contributed by atoms with van der Waals surface area (Å²) < 4.78 is 10.6. The summed E-state index contributed by atoms with van der Waals surface area (Å²) in [6, 6.07) is 15.6. The van der Waals surface area contributed by atoms with E-state index in [1.165, 1.54) is 12.7 Å². The predicted octanol–water partition coefficient (Wildman–Crippen LogP) is 3.55. The van der Waals surface area contributed by atoms with Crippen LogP contribution in [0, 0.1) is 12.3 Å². The van der Waals surface area contributed by atoms with Crippen LogP contribution in [0.4, 0.5) is 0 Å². The number of benzene rings is 2. The van der Waals surface area contributed by atoms with Gasteiger partial charge in [0.1, 0.15) is 12.4 Å². The zero-order valence-electron chi connectivity index (χ0n) is 11.1. The number of rotatable bonds is 4. The second-order valence-corrected chi connectivity index (χ2v) is 4.34. The molecule has 0 heterocycles. The van der Waals surface area contributed by atoms with Crippen LogP contribution in [0.1, 0.15) is 16.7 Å². The Balaban J connectivity index is 2.03. The van der Waals surface area contributed by atoms with E-state index in [4.69, 9.17) is 14.9 Å². The van der Waals surface area contributed by atoms with Crippen LogP contribution < -0.4 is 4.74 Å². The summed E-state index contributed by atoms with van der Waals surface area (Å²) in [5, 5.41) is 7.62. The Morgan fingerprint density at radius 2 is 1.84 bits per heavy atom. The summed E-state index contributed by atoms with van der Waals surface area (Å²) in [6.07, 6.45) is 0. The summed E-state index contributed by atoms with van der Waals surface area (Å²) in [5.41, 5.74) is 3.07. The Morgan fingerprint density at radius 1 is 1.11 bits per heavy atom. The Kier molecular flexibility index (Phi) is 4.18. The van der Waals surface area contributed by atoms with Crippen LogP contribution in [0.25, 0.3) is 0 Å². The maximum atomic E-state index is 7.62. The Labute approximate surface area is 113 Å². The maximum absolute atomic E-state index is 7.62. The minimum atomic E-state index is 0.140. The van der Waals surface area contributed by atoms with E-state index >= 15 is 0 Å². The molecule has 2 aromatic carbocycles. The molecule has 2 rings (SSSR count). The third-order valence-electron chi connectivity index (χ3n) is 2.83. The fraction of sp³-hybridized carbons (Fsp3) is 0.188. The molecule has 1 N–H and O–H groups in total. The molecule has 98 valence electrons. The summed E-state index contributed by atoms with van der Waals surface area (Å²) >= 11 is 0. The molecule has 0 bridgehead atoms. The lowest BCUT2D eigenvalue weighted by molar-refractivity contribution is 0.306. The van der Waals surface area contributed by atoms with Gasteiger partial charge in [-0.25, -0.2) is 0 Å². The number of hydrogen-bond donors (Lipinski definition) is 1. The zero-order valence-corrected chi connectivity index (χ0v) is 11.1. The molecule has 0 aliphatic rings. The van der Waals surface area contributed by atoms with Gasteiger partial charge in [0.05, 0.1) is 7.11 Å². The molecule has 19 heavy (non-hydrogen) atoms. The Bertz CT molecular complexity index is 561. The van der Waals surface area contributed by atoms with Gasteiger partial charge in [-0.05, 0) is 30.7 Å². The molecule has 0 saturated carbocycles. The van der Waals surface area contributed by atoms with E-state index in [-0.39, 0.29) is 5.90 Å². The van der Waals surface area contributed by atoms with Gasteiger partial charge in [-0.2, -0.15) is 0 Å². The van der Waals surface area contributed by atoms with Crippen molar-refractivity contribution in [2.75, 3.05) is 7.11 Å². The first-order valence-electron chi connectivity index (χ1n) is 6.10. The minimum absolute atomic E-state index is 0.140. The van der Waals surface area contributed by atoms with Gasteiger partial charge in [-0.15, -0.1) is 0 Å². The van der Waals surface area contributed by atoms with Crippen LogP contribution in [-0.4, -0.2) is 13.0 Å². The molecule has 0 unspecified atom stereocenters. The molecule has 2 aromatic rings. The molecule has 0 amide bonds. The van der Waals surface area contributed by atoms with Crippen LogP contribution in [0.2, 0.25) is 0 Å². The molecule has 3 heteroatoms. The average Bonchev–Trinajstić information content (AvgIpc) is 2.46. The fourth-order valence-corrected chi connectivity index (χ4v) is 1.70. The smallest absolute Gasteiger partial charge is 0.213 e. The van der Waals surface area contributed by atoms with Crippen molar-refractivity contribution in [1.29, 1.82) is 5.41 Å². The molecular weight excluding hydrogens is 238 g/mol. The molecule has 0 atom stereocenters. The molecule has 0 aliphatic carbocycles. The molecule has 0 fully saturated rings. The van der Waals surface area contributed by atoms with Gasteiger partial charge in [0, 0.05) is 5.56 Å². The van der Waals surface area contributed by atoms with E-state index in [1.54, 1.807) is 6.07 Å². The second kappa shape index (κ2) is 6.05. The van der Waals surface area contributed by atoms with E-state index in [0.717, 1.165) is 11.3 Å². The average molecular weight is 255 g/mol. The van der Waals surface area contributed by atoms with E-state index in [1.807, 2.05) is 18.2 Å². The first kappa shape index (κ1) is 13.1. The van der Waals surface area contributed by atoms with Gasteiger partial charge in [-0.1, -0.05) is 35.9 Å². The van der Waals surface area contributed by atoms with Crippen molar-refractivity contribution >= 4 is 5.90 Å². The van der Waals surface area contributed by atoms with E-state index < -0.39 is 0 Å². The fourth-order valence-electron chi connectivity index (χ4n) is 1.70. The SMILES string of the molecule is COC(=N)c1cccc(OCc2ccc(C)cc2)c1. The van der Waals surface area contributed by atoms with Crippen LogP contribution in [0.5, 0.6) is 5.75 Å². The van der Waals surface area contributed by atoms with Gasteiger partial charge < -0.3 is 9.47 Å². The molecular formula is C16H17NO2. The summed E-state index contributed by atoms with van der Waals surface area (Å²) in [4.78, 5) is 0. The summed E-state index contributed by atoms with van der Waals surface area (Å²) in [5.74, 6) is 0.876. The van der Waals surface area contributed by atoms with Crippen molar-refractivity contribution < 1.29 is 9.47 Å². The van der Waals surface area contributed by atoms with E-state index in [0.29, 0.717) is 12.2 Å². The largest absolute Gasteiger partial charge is 0.489 e. The van der Waals surface area contributed by atoms with Crippen molar-refractivity contribution in [1.82, 2.24) is 0 Å². The van der Waals surface area contributed by atoms with Crippen molar-refractivity contribution in [3.8, 4) is 5.75 Å². The zero-order chi connectivity index (χ0) is 13.7. The van der Waals surface area contributed by atoms with Crippen molar-refractivity contribution in [2.45, 2.75) is 13.5 Å². The first-order valence-corrected chi connectivity index (χ1v) is 6.10. The van der Waals surface area contributed by atoms with Crippen molar-refractivity contribution in [3.63, 3.8) is 0 Å². The number of methoxy groups -OCH3 is 1. The topological polar surface area (TPSA) is 42.3 Å². The van der Waals surface area contributed by atoms with Gasteiger partial charge in [0.2, 0.25) is 5.90 Å². The number of ether oxygens (including phenoxy) is 2. The lowest BCUT2D eigenvalue weighted by Crippen LogP contribution is -2.02. The summed E-state index contributed by atoms with van der Waals surface area (Å²) in [6.45, 7) is 2.58. The number of hydrogen-bond acceptors (Lipinski definition) is 3. The normalized spacial score (nSPS) is 10.0. The quantitative estimate of drug-likeness (QED) is 0.670.